The van der Waals surface area contributed by atoms with Crippen molar-refractivity contribution in [1.29, 1.82) is 0 Å². The Morgan fingerprint density at radius 1 is 1.15 bits per heavy atom. The summed E-state index contributed by atoms with van der Waals surface area (Å²) in [6.07, 6.45) is 1.14. The van der Waals surface area contributed by atoms with Gasteiger partial charge < -0.3 is 14.4 Å². The molecule has 5 nitrogen and oxygen atoms in total. The molecule has 0 unspecified atom stereocenters. The minimum absolute atomic E-state index is 0.0130. The normalized spacial score (nSPS) is 40.1. The van der Waals surface area contributed by atoms with Crippen LogP contribution in [0.2, 0.25) is 0 Å². The number of nitrogens with zero attached hydrogens (tertiary/aromatic N) is 2. The lowest BCUT2D eigenvalue weighted by atomic mass is 9.53. The summed E-state index contributed by atoms with van der Waals surface area (Å²) in [7, 11) is 0. The number of anilines is 1. The molecule has 8 heteroatoms. The maximum absolute atomic E-state index is 13.1. The van der Waals surface area contributed by atoms with E-state index in [1.54, 1.807) is 6.07 Å². The highest BCUT2D eigenvalue weighted by atomic mass is 19.4. The zero-order valence-corrected chi connectivity index (χ0v) is 19.7. The molecular formula is C26H33F3N2O3. The van der Waals surface area contributed by atoms with Crippen LogP contribution >= 0.6 is 0 Å². The van der Waals surface area contributed by atoms with Crippen LogP contribution in [0.15, 0.2) is 24.3 Å². The number of halogens is 3. The highest BCUT2D eigenvalue weighted by Crippen LogP contribution is 2.62. The lowest BCUT2D eigenvalue weighted by molar-refractivity contribution is -0.147. The van der Waals surface area contributed by atoms with E-state index < -0.39 is 11.7 Å². The minimum atomic E-state index is -4.34. The Morgan fingerprint density at radius 3 is 2.62 bits per heavy atom. The predicted molar refractivity (Wildman–Crippen MR) is 120 cm³/mol. The first-order valence-corrected chi connectivity index (χ1v) is 12.7. The third-order valence-corrected chi connectivity index (χ3v) is 9.45. The van der Waals surface area contributed by atoms with E-state index in [0.29, 0.717) is 31.2 Å². The van der Waals surface area contributed by atoms with Gasteiger partial charge in [0, 0.05) is 44.3 Å². The Morgan fingerprint density at radius 2 is 1.91 bits per heavy atom. The zero-order valence-electron chi connectivity index (χ0n) is 19.7. The van der Waals surface area contributed by atoms with E-state index >= 15 is 0 Å². The van der Waals surface area contributed by atoms with E-state index in [-0.39, 0.29) is 34.9 Å². The van der Waals surface area contributed by atoms with E-state index in [2.05, 4.69) is 11.8 Å². The molecule has 34 heavy (non-hydrogen) atoms. The van der Waals surface area contributed by atoms with Crippen molar-refractivity contribution in [3.05, 3.63) is 29.8 Å². The van der Waals surface area contributed by atoms with E-state index in [9.17, 15) is 18.0 Å². The summed E-state index contributed by atoms with van der Waals surface area (Å²) in [5, 5.41) is 0. The molecule has 3 saturated heterocycles. The van der Waals surface area contributed by atoms with Gasteiger partial charge in [-0.3, -0.25) is 9.69 Å². The molecule has 0 radical (unpaired) electrons. The lowest BCUT2D eigenvalue weighted by Crippen LogP contribution is -2.52. The van der Waals surface area contributed by atoms with Crippen LogP contribution in [0.3, 0.4) is 0 Å². The van der Waals surface area contributed by atoms with Crippen molar-refractivity contribution in [1.82, 2.24) is 4.90 Å². The number of fused-ring (bicyclic) bond motifs is 3. The van der Waals surface area contributed by atoms with E-state index in [1.165, 1.54) is 25.0 Å². The largest absolute Gasteiger partial charge is 0.462 e. The van der Waals surface area contributed by atoms with Gasteiger partial charge in [0.15, 0.2) is 0 Å². The Hall–Kier alpha value is -1.80. The zero-order chi connectivity index (χ0) is 23.7. The maximum atomic E-state index is 13.1. The molecule has 3 aliphatic heterocycles. The number of hydrogen-bond acceptors (Lipinski definition) is 5. The second kappa shape index (κ2) is 7.85. The second-order valence-corrected chi connectivity index (χ2v) is 11.4. The average Bonchev–Trinajstić information content (AvgIpc) is 3.50. The van der Waals surface area contributed by atoms with Crippen molar-refractivity contribution in [3.63, 3.8) is 0 Å². The molecule has 0 amide bonds. The molecule has 186 valence electrons. The first kappa shape index (κ1) is 22.7. The number of rotatable bonds is 3. The minimum Gasteiger partial charge on any atom is -0.462 e. The first-order chi connectivity index (χ1) is 16.2. The Bertz CT molecular complexity index is 957. The summed E-state index contributed by atoms with van der Waals surface area (Å²) < 4.78 is 51.2. The number of hydrogen-bond donors (Lipinski definition) is 0. The smallest absolute Gasteiger partial charge is 0.416 e. The summed E-state index contributed by atoms with van der Waals surface area (Å²) >= 11 is 0. The number of ether oxygens (including phenoxy) is 2. The van der Waals surface area contributed by atoms with Crippen molar-refractivity contribution in [2.75, 3.05) is 44.2 Å². The fraction of sp³-hybridized carbons (Fsp3) is 0.731. The molecule has 1 aromatic rings. The van der Waals surface area contributed by atoms with Gasteiger partial charge in [0.1, 0.15) is 6.10 Å². The van der Waals surface area contributed by atoms with Gasteiger partial charge in [-0.1, -0.05) is 13.0 Å². The highest BCUT2D eigenvalue weighted by molar-refractivity contribution is 5.75. The van der Waals surface area contributed by atoms with Gasteiger partial charge in [-0.15, -0.1) is 0 Å². The molecule has 2 saturated carbocycles. The summed E-state index contributed by atoms with van der Waals surface area (Å²) in [6, 6.07) is 5.55. The highest BCUT2D eigenvalue weighted by Gasteiger charge is 2.65. The van der Waals surface area contributed by atoms with Gasteiger partial charge in [-0.05, 0) is 61.6 Å². The van der Waals surface area contributed by atoms with Crippen molar-refractivity contribution in [2.45, 2.75) is 56.9 Å². The van der Waals surface area contributed by atoms with Crippen molar-refractivity contribution >= 4 is 11.7 Å². The van der Waals surface area contributed by atoms with Gasteiger partial charge in [-0.25, -0.2) is 0 Å². The topological polar surface area (TPSA) is 45.3 Å². The van der Waals surface area contributed by atoms with Crippen LogP contribution in [0.4, 0.5) is 18.9 Å². The SMILES string of the molecule is C[C@]12CCC[C@]3(CO3)[C@H]1C[C@H]1[C@@H](C2)OC(=O)[C@@H]1CN1CCN(c2cccc(C(F)(F)F)c2)CC1. The lowest BCUT2D eigenvalue weighted by Gasteiger charge is -2.51. The van der Waals surface area contributed by atoms with Gasteiger partial charge >= 0.3 is 12.1 Å². The monoisotopic (exact) mass is 478 g/mol. The number of carbonyl (C=O) groups excluding carboxylic acids is 1. The van der Waals surface area contributed by atoms with Crippen LogP contribution < -0.4 is 4.90 Å². The fourth-order valence-electron chi connectivity index (χ4n) is 7.51. The van der Waals surface area contributed by atoms with Gasteiger partial charge in [0.2, 0.25) is 0 Å². The first-order valence-electron chi connectivity index (χ1n) is 12.7. The second-order valence-electron chi connectivity index (χ2n) is 11.4. The number of esters is 1. The van der Waals surface area contributed by atoms with E-state index in [4.69, 9.17) is 9.47 Å². The van der Waals surface area contributed by atoms with Crippen molar-refractivity contribution in [2.24, 2.45) is 23.2 Å². The third kappa shape index (κ3) is 3.81. The molecule has 6 rings (SSSR count). The average molecular weight is 479 g/mol. The summed E-state index contributed by atoms with van der Waals surface area (Å²) in [5.74, 6) is 0.562. The van der Waals surface area contributed by atoms with Crippen LogP contribution in [-0.4, -0.2) is 61.9 Å². The third-order valence-electron chi connectivity index (χ3n) is 9.45. The molecule has 1 spiro atoms. The fourth-order valence-corrected chi connectivity index (χ4v) is 7.51. The number of carbonyl (C=O) groups is 1. The van der Waals surface area contributed by atoms with Gasteiger partial charge in [0.25, 0.3) is 0 Å². The number of benzene rings is 1. The van der Waals surface area contributed by atoms with Gasteiger partial charge in [0.05, 0.1) is 23.7 Å². The Labute approximate surface area is 198 Å². The summed E-state index contributed by atoms with van der Waals surface area (Å²) in [4.78, 5) is 17.2. The molecule has 6 atom stereocenters. The van der Waals surface area contributed by atoms with E-state index in [1.807, 2.05) is 4.90 Å². The number of epoxide rings is 1. The van der Waals surface area contributed by atoms with Crippen LogP contribution in [0.5, 0.6) is 0 Å². The molecule has 0 bridgehead atoms. The summed E-state index contributed by atoms with van der Waals surface area (Å²) in [6.45, 7) is 6.65. The van der Waals surface area contributed by atoms with Crippen molar-refractivity contribution in [3.8, 4) is 0 Å². The number of piperazine rings is 1. The molecular weight excluding hydrogens is 445 g/mol. The quantitative estimate of drug-likeness (QED) is 0.477. The molecule has 0 N–H and O–H groups in total. The summed E-state index contributed by atoms with van der Waals surface area (Å²) in [5.41, 5.74) is 0.233. The molecule has 1 aromatic carbocycles. The maximum Gasteiger partial charge on any atom is 0.416 e. The molecule has 3 heterocycles. The standard InChI is InChI=1S/C26H33F3N2O3/c1-24-6-3-7-25(16-33-25)22(24)13-19-20(23(32)34-21(19)14-24)15-30-8-10-31(11-9-30)18-5-2-4-17(12-18)26(27,28)29/h2,4-5,12,19-22H,3,6-11,13-16H2,1H3/t19-,20-,21-,22+,24-,25+/m1/s1. The Kier molecular flexibility index (Phi) is 5.23. The van der Waals surface area contributed by atoms with Crippen LogP contribution in [-0.2, 0) is 20.4 Å². The predicted octanol–water partition coefficient (Wildman–Crippen LogP) is 4.35. The molecule has 5 fully saturated rings. The van der Waals surface area contributed by atoms with E-state index in [0.717, 1.165) is 45.0 Å². The van der Waals surface area contributed by atoms with Crippen LogP contribution in [0.1, 0.15) is 44.6 Å². The van der Waals surface area contributed by atoms with Crippen LogP contribution in [0, 0.1) is 23.2 Å². The van der Waals surface area contributed by atoms with Crippen LogP contribution in [0.25, 0.3) is 0 Å². The Balaban J connectivity index is 1.10. The van der Waals surface area contributed by atoms with Crippen molar-refractivity contribution < 1.29 is 27.4 Å². The molecule has 2 aliphatic carbocycles. The van der Waals surface area contributed by atoms with Gasteiger partial charge in [-0.2, -0.15) is 13.2 Å². The molecule has 5 aliphatic rings. The number of alkyl halides is 3. The molecule has 0 aromatic heterocycles.